The molecule has 104 valence electrons. The van der Waals surface area contributed by atoms with Crippen LogP contribution in [0.25, 0.3) is 0 Å². The average molecular weight is 260 g/mol. The number of hydrogen-bond acceptors (Lipinski definition) is 2. The second-order valence-corrected chi connectivity index (χ2v) is 5.24. The van der Waals surface area contributed by atoms with Gasteiger partial charge < -0.3 is 10.6 Å². The number of rotatable bonds is 5. The molecule has 1 aromatic rings. The summed E-state index contributed by atoms with van der Waals surface area (Å²) in [6, 6.07) is 6.36. The van der Waals surface area contributed by atoms with Gasteiger partial charge in [0.15, 0.2) is 0 Å². The molecule has 0 aromatic heterocycles. The van der Waals surface area contributed by atoms with Crippen molar-refractivity contribution in [3.05, 3.63) is 34.9 Å². The Morgan fingerprint density at radius 2 is 2.26 bits per heavy atom. The SMILES string of the molecule is CCCC(CC)NC(=O)c1cccc2c1CCNC2. The number of benzene rings is 1. The Kier molecular flexibility index (Phi) is 4.97. The van der Waals surface area contributed by atoms with Crippen molar-refractivity contribution in [3.63, 3.8) is 0 Å². The minimum absolute atomic E-state index is 0.0963. The summed E-state index contributed by atoms with van der Waals surface area (Å²) in [5.74, 6) is 0.0963. The van der Waals surface area contributed by atoms with E-state index in [1.54, 1.807) is 0 Å². The summed E-state index contributed by atoms with van der Waals surface area (Å²) in [4.78, 5) is 12.4. The molecule has 1 unspecified atom stereocenters. The first-order valence-electron chi connectivity index (χ1n) is 7.38. The summed E-state index contributed by atoms with van der Waals surface area (Å²) in [7, 11) is 0. The normalized spacial score (nSPS) is 15.7. The predicted octanol–water partition coefficient (Wildman–Crippen LogP) is 2.64. The highest BCUT2D eigenvalue weighted by Crippen LogP contribution is 2.19. The van der Waals surface area contributed by atoms with Gasteiger partial charge in [-0.15, -0.1) is 0 Å². The van der Waals surface area contributed by atoms with Crippen molar-refractivity contribution < 1.29 is 4.79 Å². The van der Waals surface area contributed by atoms with Gasteiger partial charge in [0.05, 0.1) is 0 Å². The standard InChI is InChI=1S/C16H24N2O/c1-3-6-13(4-2)18-16(19)15-8-5-7-12-11-17-10-9-14(12)15/h5,7-8,13,17H,3-4,6,9-11H2,1-2H3,(H,18,19). The van der Waals surface area contributed by atoms with Gasteiger partial charge in [-0.25, -0.2) is 0 Å². The van der Waals surface area contributed by atoms with E-state index in [4.69, 9.17) is 0 Å². The number of nitrogens with one attached hydrogen (secondary N) is 2. The number of hydrogen-bond donors (Lipinski definition) is 2. The van der Waals surface area contributed by atoms with Gasteiger partial charge in [0.1, 0.15) is 0 Å². The molecule has 0 saturated heterocycles. The number of carbonyl (C=O) groups excluding carboxylic acids is 1. The molecule has 1 atom stereocenters. The Morgan fingerprint density at radius 3 is 3.00 bits per heavy atom. The quantitative estimate of drug-likeness (QED) is 0.854. The fourth-order valence-corrected chi connectivity index (χ4v) is 2.73. The van der Waals surface area contributed by atoms with Crippen molar-refractivity contribution in [1.82, 2.24) is 10.6 Å². The minimum Gasteiger partial charge on any atom is -0.349 e. The second-order valence-electron chi connectivity index (χ2n) is 5.24. The highest BCUT2D eigenvalue weighted by Gasteiger charge is 2.18. The molecule has 0 aliphatic carbocycles. The molecule has 1 heterocycles. The van der Waals surface area contributed by atoms with Gasteiger partial charge in [0, 0.05) is 18.2 Å². The molecule has 0 fully saturated rings. The Balaban J connectivity index is 2.15. The maximum atomic E-state index is 12.4. The zero-order chi connectivity index (χ0) is 13.7. The summed E-state index contributed by atoms with van der Waals surface area (Å²) in [6.45, 7) is 6.13. The Bertz CT molecular complexity index is 442. The molecule has 1 aliphatic heterocycles. The van der Waals surface area contributed by atoms with E-state index >= 15 is 0 Å². The maximum absolute atomic E-state index is 12.4. The van der Waals surface area contributed by atoms with E-state index in [-0.39, 0.29) is 5.91 Å². The van der Waals surface area contributed by atoms with Crippen molar-refractivity contribution in [2.75, 3.05) is 6.54 Å². The molecule has 19 heavy (non-hydrogen) atoms. The number of amides is 1. The molecule has 0 saturated carbocycles. The van der Waals surface area contributed by atoms with Crippen LogP contribution in [0.3, 0.4) is 0 Å². The third-order valence-corrected chi connectivity index (χ3v) is 3.85. The third-order valence-electron chi connectivity index (χ3n) is 3.85. The molecule has 0 spiro atoms. The topological polar surface area (TPSA) is 41.1 Å². The molecule has 1 aliphatic rings. The van der Waals surface area contributed by atoms with Gasteiger partial charge in [0.2, 0.25) is 0 Å². The summed E-state index contributed by atoms with van der Waals surface area (Å²) in [6.07, 6.45) is 4.11. The van der Waals surface area contributed by atoms with Crippen LogP contribution < -0.4 is 10.6 Å². The lowest BCUT2D eigenvalue weighted by Gasteiger charge is -2.22. The van der Waals surface area contributed by atoms with Crippen LogP contribution in [0.5, 0.6) is 0 Å². The molecule has 1 aromatic carbocycles. The Hall–Kier alpha value is -1.35. The van der Waals surface area contributed by atoms with Crippen LogP contribution in [0, 0.1) is 0 Å². The lowest BCUT2D eigenvalue weighted by Crippen LogP contribution is -2.36. The van der Waals surface area contributed by atoms with E-state index in [1.165, 1.54) is 11.1 Å². The second kappa shape index (κ2) is 6.71. The number of carbonyl (C=O) groups is 1. The van der Waals surface area contributed by atoms with Crippen molar-refractivity contribution in [1.29, 1.82) is 0 Å². The number of fused-ring (bicyclic) bond motifs is 1. The lowest BCUT2D eigenvalue weighted by atomic mass is 9.94. The van der Waals surface area contributed by atoms with Crippen LogP contribution in [0.2, 0.25) is 0 Å². The highest BCUT2D eigenvalue weighted by atomic mass is 16.1. The largest absolute Gasteiger partial charge is 0.349 e. The first-order chi connectivity index (χ1) is 9.26. The van der Waals surface area contributed by atoms with Gasteiger partial charge in [-0.3, -0.25) is 4.79 Å². The van der Waals surface area contributed by atoms with Gasteiger partial charge in [-0.1, -0.05) is 32.4 Å². The van der Waals surface area contributed by atoms with Crippen molar-refractivity contribution in [3.8, 4) is 0 Å². The third kappa shape index (κ3) is 3.35. The maximum Gasteiger partial charge on any atom is 0.251 e. The smallest absolute Gasteiger partial charge is 0.251 e. The summed E-state index contributed by atoms with van der Waals surface area (Å²) >= 11 is 0. The van der Waals surface area contributed by atoms with Crippen LogP contribution in [0.15, 0.2) is 18.2 Å². The van der Waals surface area contributed by atoms with E-state index in [9.17, 15) is 4.79 Å². The monoisotopic (exact) mass is 260 g/mol. The molecular formula is C16H24N2O. The predicted molar refractivity (Wildman–Crippen MR) is 78.3 cm³/mol. The molecule has 2 N–H and O–H groups in total. The first kappa shape index (κ1) is 14.1. The van der Waals surface area contributed by atoms with E-state index < -0.39 is 0 Å². The molecule has 2 rings (SSSR count). The molecule has 3 heteroatoms. The van der Waals surface area contributed by atoms with Crippen LogP contribution >= 0.6 is 0 Å². The van der Waals surface area contributed by atoms with Crippen LogP contribution in [-0.2, 0) is 13.0 Å². The molecule has 0 radical (unpaired) electrons. The molecule has 0 bridgehead atoms. The zero-order valence-corrected chi connectivity index (χ0v) is 12.0. The molecular weight excluding hydrogens is 236 g/mol. The van der Waals surface area contributed by atoms with Gasteiger partial charge >= 0.3 is 0 Å². The Morgan fingerprint density at radius 1 is 1.42 bits per heavy atom. The van der Waals surface area contributed by atoms with Crippen LogP contribution in [0.4, 0.5) is 0 Å². The van der Waals surface area contributed by atoms with Crippen molar-refractivity contribution in [2.45, 2.75) is 52.1 Å². The summed E-state index contributed by atoms with van der Waals surface area (Å²) in [5.41, 5.74) is 3.36. The van der Waals surface area contributed by atoms with E-state index in [2.05, 4.69) is 30.5 Å². The van der Waals surface area contributed by atoms with Gasteiger partial charge in [-0.05, 0) is 43.0 Å². The van der Waals surface area contributed by atoms with Gasteiger partial charge in [-0.2, -0.15) is 0 Å². The minimum atomic E-state index is 0.0963. The van der Waals surface area contributed by atoms with Gasteiger partial charge in [0.25, 0.3) is 5.91 Å². The zero-order valence-electron chi connectivity index (χ0n) is 12.0. The fraction of sp³-hybridized carbons (Fsp3) is 0.562. The lowest BCUT2D eigenvalue weighted by molar-refractivity contribution is 0.0932. The summed E-state index contributed by atoms with van der Waals surface area (Å²) < 4.78 is 0. The van der Waals surface area contributed by atoms with E-state index in [1.807, 2.05) is 12.1 Å². The van der Waals surface area contributed by atoms with Crippen LogP contribution in [-0.4, -0.2) is 18.5 Å². The fourth-order valence-electron chi connectivity index (χ4n) is 2.73. The van der Waals surface area contributed by atoms with Crippen LogP contribution in [0.1, 0.15) is 54.6 Å². The average Bonchev–Trinajstić information content (AvgIpc) is 2.46. The summed E-state index contributed by atoms with van der Waals surface area (Å²) in [5, 5.41) is 6.52. The molecule has 3 nitrogen and oxygen atoms in total. The highest BCUT2D eigenvalue weighted by molar-refractivity contribution is 5.96. The Labute approximate surface area is 115 Å². The molecule has 1 amide bonds. The van der Waals surface area contributed by atoms with Crippen molar-refractivity contribution >= 4 is 5.91 Å². The van der Waals surface area contributed by atoms with Crippen molar-refractivity contribution in [2.24, 2.45) is 0 Å². The first-order valence-corrected chi connectivity index (χ1v) is 7.38. The van der Waals surface area contributed by atoms with E-state index in [0.29, 0.717) is 6.04 Å². The van der Waals surface area contributed by atoms with E-state index in [0.717, 1.165) is 44.3 Å².